The Bertz CT molecular complexity index is 350. The average Bonchev–Trinajstić information content (AvgIpc) is 2.30. The zero-order valence-electron chi connectivity index (χ0n) is 11.2. The maximum atomic E-state index is 6.02. The Balaban J connectivity index is 2.79. The molecule has 0 heterocycles. The van der Waals surface area contributed by atoms with Crippen LogP contribution in [0.1, 0.15) is 34.1 Å². The molecule has 1 unspecified atom stereocenters. The first-order chi connectivity index (χ1) is 8.06. The predicted molar refractivity (Wildman–Crippen MR) is 71.6 cm³/mol. The molecule has 0 spiro atoms. The van der Waals surface area contributed by atoms with Gasteiger partial charge in [-0.25, -0.2) is 0 Å². The van der Waals surface area contributed by atoms with Gasteiger partial charge >= 0.3 is 0 Å². The first kappa shape index (κ1) is 13.7. The van der Waals surface area contributed by atoms with Crippen molar-refractivity contribution >= 4 is 5.69 Å². The number of anilines is 1. The summed E-state index contributed by atoms with van der Waals surface area (Å²) in [7, 11) is 0. The van der Waals surface area contributed by atoms with E-state index in [4.69, 9.17) is 15.2 Å². The van der Waals surface area contributed by atoms with Gasteiger partial charge in [-0.3, -0.25) is 0 Å². The van der Waals surface area contributed by atoms with Crippen LogP contribution in [0.25, 0.3) is 0 Å². The van der Waals surface area contributed by atoms with Gasteiger partial charge in [-0.1, -0.05) is 26.8 Å². The maximum Gasteiger partial charge on any atom is 0.146 e. The van der Waals surface area contributed by atoms with Crippen LogP contribution in [0.5, 0.6) is 11.5 Å². The Labute approximate surface area is 104 Å². The smallest absolute Gasteiger partial charge is 0.146 e. The molecule has 0 aliphatic rings. The van der Waals surface area contributed by atoms with Crippen molar-refractivity contribution in [1.82, 2.24) is 0 Å². The van der Waals surface area contributed by atoms with Crippen molar-refractivity contribution in [2.45, 2.75) is 40.2 Å². The van der Waals surface area contributed by atoms with Gasteiger partial charge in [0, 0.05) is 0 Å². The molecule has 0 aliphatic heterocycles. The molecule has 0 saturated heterocycles. The second kappa shape index (κ2) is 6.38. The summed E-state index contributed by atoms with van der Waals surface area (Å²) in [6, 6.07) is 5.66. The molecule has 0 fully saturated rings. The lowest BCUT2D eigenvalue weighted by Gasteiger charge is -2.20. The Morgan fingerprint density at radius 3 is 2.41 bits per heavy atom. The highest BCUT2D eigenvalue weighted by molar-refractivity contribution is 5.62. The first-order valence-corrected chi connectivity index (χ1v) is 6.24. The molecule has 17 heavy (non-hydrogen) atoms. The molecule has 0 aromatic heterocycles. The van der Waals surface area contributed by atoms with Gasteiger partial charge in [-0.15, -0.1) is 0 Å². The summed E-state index contributed by atoms with van der Waals surface area (Å²) in [5.41, 5.74) is 6.61. The summed E-state index contributed by atoms with van der Waals surface area (Å²) in [6.45, 7) is 9.03. The van der Waals surface area contributed by atoms with E-state index in [1.165, 1.54) is 0 Å². The Hall–Kier alpha value is -1.38. The van der Waals surface area contributed by atoms with Crippen LogP contribution in [0.2, 0.25) is 0 Å². The summed E-state index contributed by atoms with van der Waals surface area (Å²) < 4.78 is 11.4. The van der Waals surface area contributed by atoms with Gasteiger partial charge in [0.2, 0.25) is 0 Å². The number of hydrogen-bond acceptors (Lipinski definition) is 3. The van der Waals surface area contributed by atoms with Crippen LogP contribution >= 0.6 is 0 Å². The zero-order chi connectivity index (χ0) is 12.8. The molecule has 1 atom stereocenters. The van der Waals surface area contributed by atoms with Gasteiger partial charge in [-0.05, 0) is 31.4 Å². The molecule has 0 amide bonds. The molecule has 2 N–H and O–H groups in total. The van der Waals surface area contributed by atoms with Crippen LogP contribution in [0.3, 0.4) is 0 Å². The number of nitrogen functional groups attached to an aromatic ring is 1. The molecule has 1 aromatic rings. The molecule has 0 saturated carbocycles. The lowest BCUT2D eigenvalue weighted by molar-refractivity contribution is 0.171. The van der Waals surface area contributed by atoms with Crippen LogP contribution in [-0.4, -0.2) is 12.7 Å². The van der Waals surface area contributed by atoms with E-state index >= 15 is 0 Å². The normalized spacial score (nSPS) is 12.5. The number of hydrogen-bond donors (Lipinski definition) is 1. The number of nitrogens with two attached hydrogens (primary N) is 1. The summed E-state index contributed by atoms with van der Waals surface area (Å²) in [6.07, 6.45) is 1.10. The molecular weight excluding hydrogens is 214 g/mol. The van der Waals surface area contributed by atoms with Gasteiger partial charge in [-0.2, -0.15) is 0 Å². The van der Waals surface area contributed by atoms with E-state index in [9.17, 15) is 0 Å². The second-order valence-electron chi connectivity index (χ2n) is 4.58. The van der Waals surface area contributed by atoms with Crippen molar-refractivity contribution in [3.63, 3.8) is 0 Å². The molecule has 1 rings (SSSR count). The molecule has 0 radical (unpaired) electrons. The first-order valence-electron chi connectivity index (χ1n) is 6.24. The van der Waals surface area contributed by atoms with Crippen molar-refractivity contribution in [3.8, 4) is 11.5 Å². The van der Waals surface area contributed by atoms with Crippen molar-refractivity contribution < 1.29 is 9.47 Å². The lowest BCUT2D eigenvalue weighted by atomic mass is 10.1. The molecule has 0 aliphatic carbocycles. The topological polar surface area (TPSA) is 44.5 Å². The molecule has 1 aromatic carbocycles. The zero-order valence-corrected chi connectivity index (χ0v) is 11.2. The van der Waals surface area contributed by atoms with E-state index in [-0.39, 0.29) is 6.10 Å². The minimum absolute atomic E-state index is 0.138. The molecule has 0 bridgehead atoms. The standard InChI is InChI=1S/C14H23NO2/c1-5-9-16-12-7-6-8-13(14(12)15)17-11(4)10(2)3/h6-8,10-11H,5,9,15H2,1-4H3. The highest BCUT2D eigenvalue weighted by Gasteiger charge is 2.12. The SMILES string of the molecule is CCCOc1cccc(OC(C)C(C)C)c1N. The summed E-state index contributed by atoms with van der Waals surface area (Å²) in [5, 5.41) is 0. The average molecular weight is 237 g/mol. The lowest BCUT2D eigenvalue weighted by Crippen LogP contribution is -2.19. The summed E-state index contributed by atoms with van der Waals surface area (Å²) in [5.74, 6) is 1.87. The third-order valence-electron chi connectivity index (χ3n) is 2.74. The highest BCUT2D eigenvalue weighted by Crippen LogP contribution is 2.32. The van der Waals surface area contributed by atoms with Crippen molar-refractivity contribution in [2.75, 3.05) is 12.3 Å². The minimum Gasteiger partial charge on any atom is -0.491 e. The van der Waals surface area contributed by atoms with Crippen LogP contribution < -0.4 is 15.2 Å². The fourth-order valence-electron chi connectivity index (χ4n) is 1.30. The van der Waals surface area contributed by atoms with Gasteiger partial charge in [0.25, 0.3) is 0 Å². The van der Waals surface area contributed by atoms with Crippen molar-refractivity contribution in [1.29, 1.82) is 0 Å². The molecule has 96 valence electrons. The number of benzene rings is 1. The van der Waals surface area contributed by atoms with Crippen LogP contribution in [-0.2, 0) is 0 Å². The highest BCUT2D eigenvalue weighted by atomic mass is 16.5. The maximum absolute atomic E-state index is 6.02. The Morgan fingerprint density at radius 2 is 1.82 bits per heavy atom. The summed E-state index contributed by atoms with van der Waals surface area (Å²) in [4.78, 5) is 0. The molecule has 3 heteroatoms. The quantitative estimate of drug-likeness (QED) is 0.770. The van der Waals surface area contributed by atoms with Crippen LogP contribution in [0, 0.1) is 5.92 Å². The van der Waals surface area contributed by atoms with E-state index in [0.29, 0.717) is 29.7 Å². The van der Waals surface area contributed by atoms with Gasteiger partial charge in [0.1, 0.15) is 17.2 Å². The van der Waals surface area contributed by atoms with Gasteiger partial charge in [0.15, 0.2) is 0 Å². The van der Waals surface area contributed by atoms with E-state index in [1.807, 2.05) is 25.1 Å². The monoisotopic (exact) mass is 237 g/mol. The third kappa shape index (κ3) is 3.84. The van der Waals surface area contributed by atoms with Crippen LogP contribution in [0.15, 0.2) is 18.2 Å². The number of ether oxygens (including phenoxy) is 2. The van der Waals surface area contributed by atoms with Gasteiger partial charge in [0.05, 0.1) is 12.7 Å². The van der Waals surface area contributed by atoms with E-state index in [0.717, 1.165) is 6.42 Å². The molecule has 3 nitrogen and oxygen atoms in total. The van der Waals surface area contributed by atoms with Crippen LogP contribution in [0.4, 0.5) is 5.69 Å². The Kier molecular flexibility index (Phi) is 5.13. The van der Waals surface area contributed by atoms with E-state index in [1.54, 1.807) is 0 Å². The van der Waals surface area contributed by atoms with E-state index in [2.05, 4.69) is 20.8 Å². The molecular formula is C14H23NO2. The fraction of sp³-hybridized carbons (Fsp3) is 0.571. The summed E-state index contributed by atoms with van der Waals surface area (Å²) >= 11 is 0. The van der Waals surface area contributed by atoms with E-state index < -0.39 is 0 Å². The number of para-hydroxylation sites is 1. The third-order valence-corrected chi connectivity index (χ3v) is 2.74. The van der Waals surface area contributed by atoms with Crippen molar-refractivity contribution in [3.05, 3.63) is 18.2 Å². The fourth-order valence-corrected chi connectivity index (χ4v) is 1.30. The van der Waals surface area contributed by atoms with Crippen molar-refractivity contribution in [2.24, 2.45) is 5.92 Å². The minimum atomic E-state index is 0.138. The second-order valence-corrected chi connectivity index (χ2v) is 4.58. The number of rotatable bonds is 6. The van der Waals surface area contributed by atoms with Gasteiger partial charge < -0.3 is 15.2 Å². The predicted octanol–water partition coefficient (Wildman–Crippen LogP) is 3.48. The largest absolute Gasteiger partial charge is 0.491 e. The Morgan fingerprint density at radius 1 is 1.18 bits per heavy atom.